The Kier molecular flexibility index (Phi) is 78.1. The molecular weight excluding hydrogens is 176 g/mol. The van der Waals surface area contributed by atoms with Crippen LogP contribution < -0.4 is 0 Å². The minimum absolute atomic E-state index is 0.125. The first kappa shape index (κ1) is 22.6. The summed E-state index contributed by atoms with van der Waals surface area (Å²) in [7, 11) is 0. The van der Waals surface area contributed by atoms with Crippen LogP contribution in [0.5, 0.6) is 0 Å². The van der Waals surface area contributed by atoms with E-state index in [2.05, 4.69) is 26.3 Å². The summed E-state index contributed by atoms with van der Waals surface area (Å²) in [6.07, 6.45) is 0. The molecule has 0 aliphatic rings. The predicted octanol–water partition coefficient (Wildman–Crippen LogP) is -0.361. The van der Waals surface area contributed by atoms with Crippen molar-refractivity contribution >= 4 is 5.97 Å². The van der Waals surface area contributed by atoms with E-state index < -0.39 is 12.6 Å². The quantitative estimate of drug-likeness (QED) is 0.450. The molecule has 13 heavy (non-hydrogen) atoms. The zero-order valence-electron chi connectivity index (χ0n) is 7.65. The van der Waals surface area contributed by atoms with Crippen molar-refractivity contribution in [3.8, 4) is 0 Å². The van der Waals surface area contributed by atoms with Gasteiger partial charge in [-0.1, -0.05) is 0 Å². The van der Waals surface area contributed by atoms with E-state index in [-0.39, 0.29) is 13.2 Å². The average molecular weight is 194 g/mol. The van der Waals surface area contributed by atoms with Crippen LogP contribution in [-0.2, 0) is 4.79 Å². The molecule has 0 spiro atoms. The molecule has 0 amide bonds. The Bertz CT molecular complexity index is 80.6. The van der Waals surface area contributed by atoms with Gasteiger partial charge in [-0.15, -0.1) is 26.3 Å². The Balaban J connectivity index is -0.0000000457. The van der Waals surface area contributed by atoms with Crippen molar-refractivity contribution in [2.24, 2.45) is 0 Å². The maximum Gasteiger partial charge on any atom is 0.329 e. The van der Waals surface area contributed by atoms with Crippen molar-refractivity contribution in [3.05, 3.63) is 26.3 Å². The largest absolute Gasteiger partial charge is 0.480 e. The van der Waals surface area contributed by atoms with Crippen LogP contribution in [0.2, 0.25) is 0 Å². The number of carbonyl (C=O) groups is 1. The standard InChI is InChI=1S/C2H4O3.C2H6O2.2C2H4/c3-1-2(4)5;3-1-2-4;2*1-2/h3H,1H2,(H,4,5);3-4H,1-2H2;2*1-2H2. The summed E-state index contributed by atoms with van der Waals surface area (Å²) in [6.45, 7) is 11.0. The summed E-state index contributed by atoms with van der Waals surface area (Å²) in [5, 5.41) is 30.3. The predicted molar refractivity (Wildman–Crippen MR) is 51.4 cm³/mol. The zero-order valence-corrected chi connectivity index (χ0v) is 7.65. The molecule has 0 bridgehead atoms. The number of aliphatic hydroxyl groups is 3. The van der Waals surface area contributed by atoms with Crippen LogP contribution in [0.1, 0.15) is 0 Å². The van der Waals surface area contributed by atoms with Gasteiger partial charge in [0.15, 0.2) is 0 Å². The van der Waals surface area contributed by atoms with E-state index in [4.69, 9.17) is 25.2 Å². The highest BCUT2D eigenvalue weighted by atomic mass is 16.4. The monoisotopic (exact) mass is 194 g/mol. The lowest BCUT2D eigenvalue weighted by Crippen LogP contribution is -1.98. The van der Waals surface area contributed by atoms with Gasteiger partial charge < -0.3 is 20.4 Å². The first-order chi connectivity index (χ1) is 6.18. The maximum absolute atomic E-state index is 9.12. The first-order valence-corrected chi connectivity index (χ1v) is 3.23. The van der Waals surface area contributed by atoms with Gasteiger partial charge in [-0.05, 0) is 0 Å². The van der Waals surface area contributed by atoms with Gasteiger partial charge in [0.25, 0.3) is 0 Å². The van der Waals surface area contributed by atoms with Crippen molar-refractivity contribution in [2.45, 2.75) is 0 Å². The first-order valence-electron chi connectivity index (χ1n) is 3.23. The normalized spacial score (nSPS) is 5.77. The van der Waals surface area contributed by atoms with Gasteiger partial charge in [0.05, 0.1) is 13.2 Å². The van der Waals surface area contributed by atoms with Crippen molar-refractivity contribution < 1.29 is 25.2 Å². The summed E-state index contributed by atoms with van der Waals surface area (Å²) in [4.78, 5) is 9.12. The van der Waals surface area contributed by atoms with E-state index in [0.29, 0.717) is 0 Å². The summed E-state index contributed by atoms with van der Waals surface area (Å²) >= 11 is 0. The van der Waals surface area contributed by atoms with E-state index in [1.165, 1.54) is 0 Å². The lowest BCUT2D eigenvalue weighted by Gasteiger charge is -1.72. The number of aliphatic hydroxyl groups excluding tert-OH is 3. The molecule has 0 unspecified atom stereocenters. The molecule has 80 valence electrons. The third-order valence-electron chi connectivity index (χ3n) is 0.235. The van der Waals surface area contributed by atoms with Crippen LogP contribution >= 0.6 is 0 Å². The van der Waals surface area contributed by atoms with Crippen molar-refractivity contribution in [1.29, 1.82) is 0 Å². The van der Waals surface area contributed by atoms with Gasteiger partial charge in [-0.2, -0.15) is 0 Å². The second-order valence-electron chi connectivity index (χ2n) is 0.999. The van der Waals surface area contributed by atoms with Crippen LogP contribution in [0.15, 0.2) is 26.3 Å². The van der Waals surface area contributed by atoms with Gasteiger partial charge in [-0.3, -0.25) is 0 Å². The Morgan fingerprint density at radius 1 is 0.923 bits per heavy atom. The number of hydrogen-bond acceptors (Lipinski definition) is 4. The number of rotatable bonds is 2. The molecule has 0 atom stereocenters. The van der Waals surface area contributed by atoms with Gasteiger partial charge in [0, 0.05) is 0 Å². The highest BCUT2D eigenvalue weighted by molar-refractivity contribution is 5.67. The topological polar surface area (TPSA) is 98.0 Å². The third-order valence-corrected chi connectivity index (χ3v) is 0.235. The molecule has 0 aromatic carbocycles. The smallest absolute Gasteiger partial charge is 0.329 e. The molecule has 0 saturated carbocycles. The second-order valence-corrected chi connectivity index (χ2v) is 0.999. The number of carboxylic acids is 1. The van der Waals surface area contributed by atoms with Gasteiger partial charge in [0.1, 0.15) is 6.61 Å². The molecule has 0 aromatic heterocycles. The molecule has 0 rings (SSSR count). The molecule has 0 aliphatic carbocycles. The van der Waals surface area contributed by atoms with Crippen molar-refractivity contribution in [3.63, 3.8) is 0 Å². The molecule has 0 aliphatic heterocycles. The molecule has 0 fully saturated rings. The van der Waals surface area contributed by atoms with Gasteiger partial charge >= 0.3 is 5.97 Å². The molecule has 0 radical (unpaired) electrons. The number of hydrogen-bond donors (Lipinski definition) is 4. The zero-order chi connectivity index (χ0) is 11.7. The van der Waals surface area contributed by atoms with E-state index in [1.54, 1.807) is 0 Å². The molecule has 0 saturated heterocycles. The molecule has 4 N–H and O–H groups in total. The lowest BCUT2D eigenvalue weighted by atomic mass is 10.8. The van der Waals surface area contributed by atoms with Crippen molar-refractivity contribution in [1.82, 2.24) is 0 Å². The second kappa shape index (κ2) is 44.9. The fourth-order valence-electron chi connectivity index (χ4n) is 0. The van der Waals surface area contributed by atoms with E-state index >= 15 is 0 Å². The number of aliphatic carboxylic acids is 1. The Morgan fingerprint density at radius 2 is 1.08 bits per heavy atom. The van der Waals surface area contributed by atoms with Gasteiger partial charge in [-0.25, -0.2) is 4.79 Å². The minimum atomic E-state index is -1.19. The highest BCUT2D eigenvalue weighted by Gasteiger charge is 1.82. The SMILES string of the molecule is C=C.C=C.O=C(O)CO.OCCO. The van der Waals surface area contributed by atoms with Crippen LogP contribution in [0, 0.1) is 0 Å². The summed E-state index contributed by atoms with van der Waals surface area (Å²) in [5.41, 5.74) is 0. The molecule has 0 aromatic rings. The Hall–Kier alpha value is -1.17. The Labute approximate surface area is 78.3 Å². The molecule has 5 heteroatoms. The summed E-state index contributed by atoms with van der Waals surface area (Å²) < 4.78 is 0. The molecule has 5 nitrogen and oxygen atoms in total. The number of carboxylic acid groups (broad SMARTS) is 1. The third kappa shape index (κ3) is 252. The lowest BCUT2D eigenvalue weighted by molar-refractivity contribution is -0.140. The van der Waals surface area contributed by atoms with E-state index in [1.807, 2.05) is 0 Å². The van der Waals surface area contributed by atoms with E-state index in [9.17, 15) is 0 Å². The summed E-state index contributed by atoms with van der Waals surface area (Å²) in [6, 6.07) is 0. The molecular formula is C8H18O5. The Morgan fingerprint density at radius 3 is 1.08 bits per heavy atom. The van der Waals surface area contributed by atoms with Crippen molar-refractivity contribution in [2.75, 3.05) is 19.8 Å². The highest BCUT2D eigenvalue weighted by Crippen LogP contribution is 1.48. The fraction of sp³-hybridized carbons (Fsp3) is 0.375. The fourth-order valence-corrected chi connectivity index (χ4v) is 0. The van der Waals surface area contributed by atoms with Crippen LogP contribution in [-0.4, -0.2) is 46.2 Å². The average Bonchev–Trinajstić information content (AvgIpc) is 2.24. The van der Waals surface area contributed by atoms with Crippen LogP contribution in [0.3, 0.4) is 0 Å². The van der Waals surface area contributed by atoms with E-state index in [0.717, 1.165) is 0 Å². The molecule has 0 heterocycles. The van der Waals surface area contributed by atoms with Gasteiger partial charge in [0.2, 0.25) is 0 Å². The van der Waals surface area contributed by atoms with Crippen LogP contribution in [0.4, 0.5) is 0 Å². The minimum Gasteiger partial charge on any atom is -0.480 e. The summed E-state index contributed by atoms with van der Waals surface area (Å²) in [5.74, 6) is -1.19. The van der Waals surface area contributed by atoms with Crippen LogP contribution in [0.25, 0.3) is 0 Å². The maximum atomic E-state index is 9.12.